The number of carbonyl (C=O) groups excluding carboxylic acids is 1. The maximum Gasteiger partial charge on any atom is 0.324 e. The number of aromatic nitrogens is 3. The second-order valence-corrected chi connectivity index (χ2v) is 9.94. The molecule has 2 heterocycles. The van der Waals surface area contributed by atoms with Gasteiger partial charge in [-0.25, -0.2) is 13.4 Å². The monoisotopic (exact) mass is 458 g/mol. The van der Waals surface area contributed by atoms with Crippen molar-refractivity contribution in [2.45, 2.75) is 58.0 Å². The van der Waals surface area contributed by atoms with Crippen LogP contribution in [0.2, 0.25) is 0 Å². The Morgan fingerprint density at radius 2 is 1.91 bits per heavy atom. The lowest BCUT2D eigenvalue weighted by Gasteiger charge is -2.19. The number of imidazole rings is 1. The van der Waals surface area contributed by atoms with Gasteiger partial charge in [0.1, 0.15) is 11.9 Å². The summed E-state index contributed by atoms with van der Waals surface area (Å²) in [5.41, 5.74) is 2.72. The number of nitrogens with one attached hydrogen (secondary N) is 1. The predicted molar refractivity (Wildman–Crippen MR) is 123 cm³/mol. The molecule has 0 saturated heterocycles. The lowest BCUT2D eigenvalue weighted by molar-refractivity contribution is -0.146. The summed E-state index contributed by atoms with van der Waals surface area (Å²) in [4.78, 5) is 21.2. The highest BCUT2D eigenvalue weighted by atomic mass is 32.2. The Balaban J connectivity index is 1.77. The van der Waals surface area contributed by atoms with Crippen molar-refractivity contribution in [3.05, 3.63) is 54.1 Å². The van der Waals surface area contributed by atoms with Crippen LogP contribution >= 0.6 is 0 Å². The predicted octanol–water partition coefficient (Wildman–Crippen LogP) is 3.43. The number of rotatable bonds is 10. The molecule has 3 rings (SSSR count). The zero-order valence-corrected chi connectivity index (χ0v) is 19.7. The number of benzene rings is 1. The van der Waals surface area contributed by atoms with Gasteiger partial charge in [-0.2, -0.15) is 4.72 Å². The van der Waals surface area contributed by atoms with Gasteiger partial charge in [0.25, 0.3) is 0 Å². The Morgan fingerprint density at radius 3 is 2.56 bits per heavy atom. The number of ether oxygens (including phenoxy) is 1. The van der Waals surface area contributed by atoms with Gasteiger partial charge >= 0.3 is 5.97 Å². The van der Waals surface area contributed by atoms with Crippen LogP contribution in [0.25, 0.3) is 11.0 Å². The second-order valence-electron chi connectivity index (χ2n) is 8.22. The van der Waals surface area contributed by atoms with E-state index in [-0.39, 0.29) is 17.4 Å². The van der Waals surface area contributed by atoms with Crippen LogP contribution in [-0.4, -0.2) is 41.6 Å². The van der Waals surface area contributed by atoms with Crippen LogP contribution in [-0.2, 0) is 26.1 Å². The lowest BCUT2D eigenvalue weighted by atomic mass is 10.1. The van der Waals surface area contributed by atoms with Crippen molar-refractivity contribution in [1.29, 1.82) is 0 Å². The third-order valence-electron chi connectivity index (χ3n) is 5.05. The molecule has 0 fully saturated rings. The van der Waals surface area contributed by atoms with Gasteiger partial charge in [-0.1, -0.05) is 32.9 Å². The number of aryl methyl sites for hydroxylation is 1. The number of esters is 1. The zero-order valence-electron chi connectivity index (χ0n) is 18.9. The molecule has 0 unspecified atom stereocenters. The molecule has 1 atom stereocenters. The van der Waals surface area contributed by atoms with Crippen LogP contribution in [0.4, 0.5) is 0 Å². The summed E-state index contributed by atoms with van der Waals surface area (Å²) in [5.74, 6) is 0.437. The minimum Gasteiger partial charge on any atom is -0.465 e. The highest BCUT2D eigenvalue weighted by Gasteiger charge is 2.27. The summed E-state index contributed by atoms with van der Waals surface area (Å²) < 4.78 is 35.6. The number of fused-ring (bicyclic) bond motifs is 1. The minimum absolute atomic E-state index is 0.104. The van der Waals surface area contributed by atoms with Crippen LogP contribution in [0.15, 0.2) is 47.6 Å². The maximum absolute atomic E-state index is 12.9. The maximum atomic E-state index is 12.9. The second kappa shape index (κ2) is 10.2. The fourth-order valence-corrected chi connectivity index (χ4v) is 4.67. The van der Waals surface area contributed by atoms with Crippen LogP contribution in [0.1, 0.15) is 45.0 Å². The molecule has 1 N–H and O–H groups in total. The van der Waals surface area contributed by atoms with Gasteiger partial charge in [-0.15, -0.1) is 0 Å². The molecule has 0 saturated carbocycles. The number of nitrogens with zero attached hydrogens (tertiary/aromatic N) is 3. The highest BCUT2D eigenvalue weighted by Crippen LogP contribution is 2.19. The van der Waals surface area contributed by atoms with E-state index in [1.54, 1.807) is 36.7 Å². The van der Waals surface area contributed by atoms with Crippen LogP contribution in [0, 0.1) is 12.8 Å². The van der Waals surface area contributed by atoms with Crippen LogP contribution in [0.5, 0.6) is 0 Å². The average molecular weight is 459 g/mol. The third-order valence-corrected chi connectivity index (χ3v) is 6.54. The Kier molecular flexibility index (Phi) is 7.63. The topological polar surface area (TPSA) is 103 Å². The molecule has 0 aliphatic rings. The number of carbonyl (C=O) groups is 1. The van der Waals surface area contributed by atoms with Gasteiger partial charge in [0.15, 0.2) is 0 Å². The number of sulfonamides is 1. The molecule has 0 bridgehead atoms. The molecule has 32 heavy (non-hydrogen) atoms. The lowest BCUT2D eigenvalue weighted by Crippen LogP contribution is -2.42. The van der Waals surface area contributed by atoms with Gasteiger partial charge in [-0.3, -0.25) is 9.78 Å². The van der Waals surface area contributed by atoms with E-state index in [4.69, 9.17) is 4.74 Å². The third kappa shape index (κ3) is 5.72. The summed E-state index contributed by atoms with van der Waals surface area (Å²) in [7, 11) is -3.88. The van der Waals surface area contributed by atoms with Crippen molar-refractivity contribution >= 4 is 27.0 Å². The van der Waals surface area contributed by atoms with Gasteiger partial charge in [0, 0.05) is 12.7 Å². The molecule has 0 amide bonds. The smallest absolute Gasteiger partial charge is 0.324 e. The Hall–Kier alpha value is -2.78. The van der Waals surface area contributed by atoms with Gasteiger partial charge in [0.05, 0.1) is 28.7 Å². The SMILES string of the molecule is CCCOC(=O)[C@H](CC(C)C)NS(=O)(=O)c1ccc(Cn2c(C)nc3ccncc32)cc1. The van der Waals surface area contributed by atoms with Gasteiger partial charge < -0.3 is 9.30 Å². The van der Waals surface area contributed by atoms with Gasteiger partial charge in [0.2, 0.25) is 10.0 Å². The van der Waals surface area contributed by atoms with Crippen molar-refractivity contribution in [1.82, 2.24) is 19.3 Å². The molecule has 0 spiro atoms. The van der Waals surface area contributed by atoms with E-state index in [0.717, 1.165) is 22.4 Å². The Bertz CT molecular complexity index is 1170. The van der Waals surface area contributed by atoms with Crippen molar-refractivity contribution in [2.75, 3.05) is 6.61 Å². The first-order chi connectivity index (χ1) is 15.2. The van der Waals surface area contributed by atoms with E-state index in [2.05, 4.69) is 14.7 Å². The van der Waals surface area contributed by atoms with E-state index >= 15 is 0 Å². The van der Waals surface area contributed by atoms with Gasteiger partial charge in [-0.05, 0) is 49.4 Å². The average Bonchev–Trinajstić information content (AvgIpc) is 3.06. The fraction of sp³-hybridized carbons (Fsp3) is 0.435. The van der Waals surface area contributed by atoms with E-state index in [0.29, 0.717) is 19.4 Å². The summed E-state index contributed by atoms with van der Waals surface area (Å²) >= 11 is 0. The molecular weight excluding hydrogens is 428 g/mol. The molecule has 3 aromatic rings. The quantitative estimate of drug-likeness (QED) is 0.467. The first kappa shape index (κ1) is 23.9. The summed E-state index contributed by atoms with van der Waals surface area (Å²) in [5, 5.41) is 0. The molecule has 0 aliphatic heterocycles. The molecule has 0 aliphatic carbocycles. The fourth-order valence-electron chi connectivity index (χ4n) is 3.47. The van der Waals surface area contributed by atoms with Crippen LogP contribution in [0.3, 0.4) is 0 Å². The van der Waals surface area contributed by atoms with E-state index in [1.165, 1.54) is 0 Å². The summed E-state index contributed by atoms with van der Waals surface area (Å²) in [6.45, 7) is 8.49. The number of pyridine rings is 1. The number of hydrogen-bond acceptors (Lipinski definition) is 6. The zero-order chi connectivity index (χ0) is 23.3. The van der Waals surface area contributed by atoms with Crippen molar-refractivity contribution in [3.8, 4) is 0 Å². The molecule has 1 aromatic carbocycles. The van der Waals surface area contributed by atoms with Crippen molar-refractivity contribution < 1.29 is 17.9 Å². The normalized spacial score (nSPS) is 12.9. The molecule has 2 aromatic heterocycles. The first-order valence-corrected chi connectivity index (χ1v) is 12.2. The Morgan fingerprint density at radius 1 is 1.19 bits per heavy atom. The molecule has 8 nitrogen and oxygen atoms in total. The largest absolute Gasteiger partial charge is 0.465 e. The molecule has 9 heteroatoms. The standard InChI is InChI=1S/C23H30N4O4S/c1-5-12-31-23(28)21(13-16(2)3)26-32(29,30)19-8-6-18(7-9-19)15-27-17(4)25-20-10-11-24-14-22(20)27/h6-11,14,16,21,26H,5,12-13,15H2,1-4H3/t21-/m0/s1. The first-order valence-electron chi connectivity index (χ1n) is 10.8. The number of hydrogen-bond donors (Lipinski definition) is 1. The Labute approximate surface area is 189 Å². The van der Waals surface area contributed by atoms with Crippen molar-refractivity contribution in [3.63, 3.8) is 0 Å². The molecule has 0 radical (unpaired) electrons. The van der Waals surface area contributed by atoms with Crippen molar-refractivity contribution in [2.24, 2.45) is 5.92 Å². The summed E-state index contributed by atoms with van der Waals surface area (Å²) in [6.07, 6.45) is 4.51. The summed E-state index contributed by atoms with van der Waals surface area (Å²) in [6, 6.07) is 7.58. The van der Waals surface area contributed by atoms with E-state index in [9.17, 15) is 13.2 Å². The minimum atomic E-state index is -3.88. The van der Waals surface area contributed by atoms with E-state index in [1.807, 2.05) is 38.3 Å². The molecular formula is C23H30N4O4S. The molecule has 172 valence electrons. The highest BCUT2D eigenvalue weighted by molar-refractivity contribution is 7.89. The van der Waals surface area contributed by atoms with E-state index < -0.39 is 22.0 Å². The van der Waals surface area contributed by atoms with Crippen LogP contribution < -0.4 is 4.72 Å².